The van der Waals surface area contributed by atoms with Crippen molar-refractivity contribution >= 4 is 11.8 Å². The molecule has 2 unspecified atom stereocenters. The van der Waals surface area contributed by atoms with E-state index in [9.17, 15) is 0 Å². The van der Waals surface area contributed by atoms with E-state index in [0.717, 1.165) is 18.7 Å². The molecular weight excluding hydrogens is 424 g/mol. The Balaban J connectivity index is 1.61. The molecule has 2 aromatic rings. The van der Waals surface area contributed by atoms with E-state index in [0.29, 0.717) is 28.7 Å². The van der Waals surface area contributed by atoms with Crippen molar-refractivity contribution in [2.75, 3.05) is 5.75 Å². The predicted molar refractivity (Wildman–Crippen MR) is 142 cm³/mol. The molecule has 0 saturated heterocycles. The zero-order valence-corrected chi connectivity index (χ0v) is 23.9. The maximum atomic E-state index is 4.82. The van der Waals surface area contributed by atoms with Gasteiger partial charge in [-0.25, -0.2) is 0 Å². The van der Waals surface area contributed by atoms with Gasteiger partial charge in [-0.15, -0.1) is 11.8 Å². The number of nitrogens with zero attached hydrogens (tertiary/aromatic N) is 4. The average Bonchev–Trinajstić information content (AvgIpc) is 3.33. The standard InChI is InChI=1S/C28H48N4S/c1-20(2)16-31-18-23(15-29-31)33-19-27(8,9)25(4,5)12-21(3)32-17-22(14-30-32)24-13-26(6,7)28(24,10)11/h14-15,17-18,20-21,24H,12-13,16,19H2,1-11H3. The van der Waals surface area contributed by atoms with Gasteiger partial charge < -0.3 is 0 Å². The zero-order valence-electron chi connectivity index (χ0n) is 23.1. The predicted octanol–water partition coefficient (Wildman–Crippen LogP) is 8.07. The van der Waals surface area contributed by atoms with Gasteiger partial charge in [-0.1, -0.05) is 69.2 Å². The highest BCUT2D eigenvalue weighted by Gasteiger charge is 2.54. The molecule has 3 rings (SSSR count). The molecule has 0 aliphatic heterocycles. The normalized spacial score (nSPS) is 21.3. The largest absolute Gasteiger partial charge is 0.271 e. The zero-order chi connectivity index (χ0) is 24.8. The Morgan fingerprint density at radius 2 is 1.67 bits per heavy atom. The quantitative estimate of drug-likeness (QED) is 0.328. The lowest BCUT2D eigenvalue weighted by molar-refractivity contribution is -0.0487. The molecule has 2 aromatic heterocycles. The van der Waals surface area contributed by atoms with Crippen LogP contribution in [0.5, 0.6) is 0 Å². The molecule has 2 heterocycles. The van der Waals surface area contributed by atoms with Crippen LogP contribution in [-0.2, 0) is 6.54 Å². The second-order valence-corrected chi connectivity index (χ2v) is 14.6. The molecule has 0 spiro atoms. The van der Waals surface area contributed by atoms with E-state index < -0.39 is 0 Å². The summed E-state index contributed by atoms with van der Waals surface area (Å²) in [6.45, 7) is 27.1. The van der Waals surface area contributed by atoms with Gasteiger partial charge in [0.1, 0.15) is 0 Å². The lowest BCUT2D eigenvalue weighted by atomic mass is 9.45. The molecular formula is C28H48N4S. The fourth-order valence-corrected chi connectivity index (χ4v) is 6.37. The van der Waals surface area contributed by atoms with Gasteiger partial charge in [-0.3, -0.25) is 9.36 Å². The fraction of sp³-hybridized carbons (Fsp3) is 0.786. The summed E-state index contributed by atoms with van der Waals surface area (Å²) in [4.78, 5) is 1.27. The molecule has 1 saturated carbocycles. The van der Waals surface area contributed by atoms with E-state index >= 15 is 0 Å². The van der Waals surface area contributed by atoms with Crippen LogP contribution in [0.15, 0.2) is 29.7 Å². The van der Waals surface area contributed by atoms with Crippen molar-refractivity contribution in [3.05, 3.63) is 30.4 Å². The maximum absolute atomic E-state index is 4.82. The van der Waals surface area contributed by atoms with E-state index in [1.165, 1.54) is 16.9 Å². The monoisotopic (exact) mass is 472 g/mol. The third-order valence-corrected chi connectivity index (χ3v) is 10.6. The van der Waals surface area contributed by atoms with E-state index in [-0.39, 0.29) is 10.8 Å². The minimum absolute atomic E-state index is 0.178. The Morgan fingerprint density at radius 1 is 1.00 bits per heavy atom. The van der Waals surface area contributed by atoms with Gasteiger partial charge in [-0.2, -0.15) is 10.2 Å². The molecule has 1 fully saturated rings. The number of hydrogen-bond acceptors (Lipinski definition) is 3. The van der Waals surface area contributed by atoms with Crippen LogP contribution in [0, 0.1) is 27.6 Å². The first-order valence-corrected chi connectivity index (χ1v) is 13.7. The minimum Gasteiger partial charge on any atom is -0.271 e. The summed E-state index contributed by atoms with van der Waals surface area (Å²) in [6, 6.07) is 0.378. The third kappa shape index (κ3) is 5.39. The van der Waals surface area contributed by atoms with Gasteiger partial charge in [0.05, 0.1) is 12.4 Å². The molecule has 2 atom stereocenters. The molecule has 0 N–H and O–H groups in total. The number of aromatic nitrogens is 4. The van der Waals surface area contributed by atoms with Crippen LogP contribution in [0.2, 0.25) is 0 Å². The Kier molecular flexibility index (Phi) is 7.27. The fourth-order valence-electron chi connectivity index (χ4n) is 5.14. The molecule has 4 nitrogen and oxygen atoms in total. The van der Waals surface area contributed by atoms with Crippen LogP contribution in [0.4, 0.5) is 0 Å². The van der Waals surface area contributed by atoms with E-state index in [4.69, 9.17) is 5.10 Å². The van der Waals surface area contributed by atoms with Crippen LogP contribution < -0.4 is 0 Å². The first-order valence-electron chi connectivity index (χ1n) is 12.7. The second-order valence-electron chi connectivity index (χ2n) is 13.5. The highest BCUT2D eigenvalue weighted by atomic mass is 32.2. The van der Waals surface area contributed by atoms with Crippen molar-refractivity contribution in [1.29, 1.82) is 0 Å². The first-order chi connectivity index (χ1) is 15.1. The van der Waals surface area contributed by atoms with Crippen molar-refractivity contribution in [2.24, 2.45) is 27.6 Å². The molecule has 0 aromatic carbocycles. The number of hydrogen-bond donors (Lipinski definition) is 0. The first kappa shape index (κ1) is 26.4. The van der Waals surface area contributed by atoms with Gasteiger partial charge >= 0.3 is 0 Å². The van der Waals surface area contributed by atoms with Crippen LogP contribution in [0.25, 0.3) is 0 Å². The molecule has 186 valence electrons. The topological polar surface area (TPSA) is 35.6 Å². The Labute approximate surface area is 207 Å². The summed E-state index contributed by atoms with van der Waals surface area (Å²) in [5.74, 6) is 2.31. The molecule has 33 heavy (non-hydrogen) atoms. The van der Waals surface area contributed by atoms with Gasteiger partial charge in [0.25, 0.3) is 0 Å². The molecule has 0 bridgehead atoms. The van der Waals surface area contributed by atoms with Crippen LogP contribution in [-0.4, -0.2) is 25.3 Å². The maximum Gasteiger partial charge on any atom is 0.0625 e. The smallest absolute Gasteiger partial charge is 0.0625 e. The van der Waals surface area contributed by atoms with Crippen LogP contribution in [0.1, 0.15) is 107 Å². The van der Waals surface area contributed by atoms with E-state index in [2.05, 4.69) is 109 Å². The molecule has 0 radical (unpaired) electrons. The summed E-state index contributed by atoms with van der Waals surface area (Å²) < 4.78 is 4.30. The van der Waals surface area contributed by atoms with Crippen molar-refractivity contribution in [3.8, 4) is 0 Å². The SMILES string of the molecule is CC(C)Cn1cc(SCC(C)(C)C(C)(C)CC(C)n2cc(C3CC(C)(C)C3(C)C)cn2)cn1. The molecule has 1 aliphatic carbocycles. The summed E-state index contributed by atoms with van der Waals surface area (Å²) in [5.41, 5.74) is 2.50. The number of rotatable bonds is 10. The van der Waals surface area contributed by atoms with Crippen molar-refractivity contribution < 1.29 is 0 Å². The van der Waals surface area contributed by atoms with Crippen molar-refractivity contribution in [3.63, 3.8) is 0 Å². The average molecular weight is 473 g/mol. The van der Waals surface area contributed by atoms with Crippen molar-refractivity contribution in [1.82, 2.24) is 19.6 Å². The molecule has 1 aliphatic rings. The van der Waals surface area contributed by atoms with E-state index in [1.54, 1.807) is 0 Å². The van der Waals surface area contributed by atoms with Crippen LogP contribution in [0.3, 0.4) is 0 Å². The molecule has 0 amide bonds. The third-order valence-electron chi connectivity index (χ3n) is 9.20. The highest BCUT2D eigenvalue weighted by Crippen LogP contribution is 2.64. The van der Waals surface area contributed by atoms with E-state index in [1.807, 2.05) is 18.0 Å². The van der Waals surface area contributed by atoms with Gasteiger partial charge in [0.2, 0.25) is 0 Å². The van der Waals surface area contributed by atoms with Gasteiger partial charge in [0.15, 0.2) is 0 Å². The number of thioether (sulfide) groups is 1. The summed E-state index contributed by atoms with van der Waals surface area (Å²) in [5, 5.41) is 9.36. The minimum atomic E-state index is 0.178. The Morgan fingerprint density at radius 3 is 2.24 bits per heavy atom. The second kappa shape index (κ2) is 9.09. The van der Waals surface area contributed by atoms with Crippen LogP contribution >= 0.6 is 11.8 Å². The van der Waals surface area contributed by atoms with Gasteiger partial charge in [-0.05, 0) is 58.8 Å². The Bertz CT molecular complexity index is 931. The van der Waals surface area contributed by atoms with Crippen molar-refractivity contribution in [2.45, 2.75) is 112 Å². The summed E-state index contributed by atoms with van der Waals surface area (Å²) in [7, 11) is 0. The lowest BCUT2D eigenvalue weighted by Gasteiger charge is -2.59. The lowest BCUT2D eigenvalue weighted by Crippen LogP contribution is -2.49. The highest BCUT2D eigenvalue weighted by molar-refractivity contribution is 7.99. The summed E-state index contributed by atoms with van der Waals surface area (Å²) >= 11 is 1.94. The Hall–Kier alpha value is -1.23. The molecule has 5 heteroatoms. The summed E-state index contributed by atoms with van der Waals surface area (Å²) in [6.07, 6.45) is 11.0. The van der Waals surface area contributed by atoms with Gasteiger partial charge in [0, 0.05) is 35.6 Å².